The number of nitrogens with two attached hydrogens (primary N) is 1. The summed E-state index contributed by atoms with van der Waals surface area (Å²) in [4.78, 5) is 13.2. The maximum absolute atomic E-state index is 11.6. The molecule has 2 N–H and O–H groups in total. The molecule has 78 valence electrons. The van der Waals surface area contributed by atoms with Gasteiger partial charge in [-0.2, -0.15) is 5.26 Å². The van der Waals surface area contributed by atoms with Crippen LogP contribution in [0.5, 0.6) is 0 Å². The van der Waals surface area contributed by atoms with Crippen LogP contribution in [0.3, 0.4) is 0 Å². The zero-order valence-electron chi connectivity index (χ0n) is 8.57. The van der Waals surface area contributed by atoms with Gasteiger partial charge in [0.2, 0.25) is 5.91 Å². The van der Waals surface area contributed by atoms with Gasteiger partial charge in [0.05, 0.1) is 18.5 Å². The Morgan fingerprint density at radius 1 is 1.79 bits per heavy atom. The van der Waals surface area contributed by atoms with Crippen LogP contribution in [0, 0.1) is 11.3 Å². The lowest BCUT2D eigenvalue weighted by Gasteiger charge is -2.22. The molecule has 0 aromatic carbocycles. The molecule has 0 radical (unpaired) electrons. The molecule has 0 bridgehead atoms. The van der Waals surface area contributed by atoms with Crippen LogP contribution in [-0.4, -0.2) is 29.9 Å². The highest BCUT2D eigenvalue weighted by atomic mass is 16.2. The van der Waals surface area contributed by atoms with Crippen LogP contribution in [0.4, 0.5) is 0 Å². The van der Waals surface area contributed by atoms with E-state index in [2.05, 4.69) is 6.58 Å². The minimum absolute atomic E-state index is 0.109. The second kappa shape index (κ2) is 7.10. The number of hydrogen-bond donors (Lipinski definition) is 1. The van der Waals surface area contributed by atoms with Crippen LogP contribution in [0.1, 0.15) is 19.8 Å². The molecule has 0 rings (SSSR count). The predicted molar refractivity (Wildman–Crippen MR) is 55.3 cm³/mol. The van der Waals surface area contributed by atoms with Gasteiger partial charge in [-0.1, -0.05) is 6.08 Å². The third kappa shape index (κ3) is 4.06. The fourth-order valence-corrected chi connectivity index (χ4v) is 1.12. The van der Waals surface area contributed by atoms with Gasteiger partial charge in [0.1, 0.15) is 0 Å². The molecule has 1 atom stereocenters. The van der Waals surface area contributed by atoms with Gasteiger partial charge in [0.25, 0.3) is 0 Å². The first-order valence-electron chi connectivity index (χ1n) is 4.69. The van der Waals surface area contributed by atoms with Crippen molar-refractivity contribution < 1.29 is 4.79 Å². The minimum Gasteiger partial charge on any atom is -0.341 e. The molecule has 0 aliphatic rings. The van der Waals surface area contributed by atoms with Crippen LogP contribution in [-0.2, 0) is 4.79 Å². The van der Waals surface area contributed by atoms with E-state index < -0.39 is 6.04 Å². The van der Waals surface area contributed by atoms with Gasteiger partial charge < -0.3 is 10.6 Å². The number of carbonyl (C=O) groups is 1. The molecular weight excluding hydrogens is 178 g/mol. The zero-order valence-corrected chi connectivity index (χ0v) is 8.57. The average molecular weight is 195 g/mol. The Morgan fingerprint density at radius 2 is 2.43 bits per heavy atom. The van der Waals surface area contributed by atoms with E-state index in [1.807, 2.05) is 13.0 Å². The van der Waals surface area contributed by atoms with E-state index in [9.17, 15) is 4.79 Å². The van der Waals surface area contributed by atoms with Crippen molar-refractivity contribution in [2.45, 2.75) is 25.8 Å². The van der Waals surface area contributed by atoms with Crippen molar-refractivity contribution in [3.8, 4) is 6.07 Å². The molecule has 4 heteroatoms. The SMILES string of the molecule is C=CCC(N)C(=O)N(CC)CCC#N. The minimum atomic E-state index is -0.522. The summed E-state index contributed by atoms with van der Waals surface area (Å²) in [5.41, 5.74) is 5.63. The average Bonchev–Trinajstić information content (AvgIpc) is 2.19. The summed E-state index contributed by atoms with van der Waals surface area (Å²) >= 11 is 0. The Bertz CT molecular complexity index is 232. The molecular formula is C10H17N3O. The Balaban J connectivity index is 4.16. The molecule has 0 saturated carbocycles. The van der Waals surface area contributed by atoms with Crippen LogP contribution < -0.4 is 5.73 Å². The molecule has 0 fully saturated rings. The van der Waals surface area contributed by atoms with Crippen molar-refractivity contribution in [2.24, 2.45) is 5.73 Å². The van der Waals surface area contributed by atoms with E-state index in [0.29, 0.717) is 25.9 Å². The van der Waals surface area contributed by atoms with E-state index in [1.165, 1.54) is 0 Å². The van der Waals surface area contributed by atoms with Crippen molar-refractivity contribution in [1.29, 1.82) is 5.26 Å². The van der Waals surface area contributed by atoms with Crippen molar-refractivity contribution in [1.82, 2.24) is 4.90 Å². The van der Waals surface area contributed by atoms with Crippen LogP contribution in [0.2, 0.25) is 0 Å². The van der Waals surface area contributed by atoms with E-state index in [4.69, 9.17) is 11.0 Å². The molecule has 0 saturated heterocycles. The number of rotatable bonds is 6. The monoisotopic (exact) mass is 195 g/mol. The summed E-state index contributed by atoms with van der Waals surface area (Å²) in [5, 5.41) is 8.40. The van der Waals surface area contributed by atoms with Gasteiger partial charge in [-0.25, -0.2) is 0 Å². The molecule has 1 amide bonds. The second-order valence-electron chi connectivity index (χ2n) is 2.96. The molecule has 0 aliphatic carbocycles. The quantitative estimate of drug-likeness (QED) is 0.633. The van der Waals surface area contributed by atoms with Gasteiger partial charge in [-0.05, 0) is 13.3 Å². The summed E-state index contributed by atoms with van der Waals surface area (Å²) in [6.45, 7) is 6.44. The lowest BCUT2D eigenvalue weighted by atomic mass is 10.2. The molecule has 0 heterocycles. The smallest absolute Gasteiger partial charge is 0.239 e. The largest absolute Gasteiger partial charge is 0.341 e. The van der Waals surface area contributed by atoms with Gasteiger partial charge in [-0.15, -0.1) is 6.58 Å². The molecule has 4 nitrogen and oxygen atoms in total. The third-order valence-electron chi connectivity index (χ3n) is 1.92. The molecule has 14 heavy (non-hydrogen) atoms. The highest BCUT2D eigenvalue weighted by molar-refractivity contribution is 5.81. The van der Waals surface area contributed by atoms with E-state index in [-0.39, 0.29) is 5.91 Å². The highest BCUT2D eigenvalue weighted by Gasteiger charge is 2.17. The summed E-state index contributed by atoms with van der Waals surface area (Å²) in [7, 11) is 0. The Kier molecular flexibility index (Phi) is 6.42. The molecule has 0 spiro atoms. The van der Waals surface area contributed by atoms with Crippen molar-refractivity contribution in [3.63, 3.8) is 0 Å². The van der Waals surface area contributed by atoms with Gasteiger partial charge >= 0.3 is 0 Å². The highest BCUT2D eigenvalue weighted by Crippen LogP contribution is 1.99. The van der Waals surface area contributed by atoms with Crippen LogP contribution in [0.25, 0.3) is 0 Å². The lowest BCUT2D eigenvalue weighted by molar-refractivity contribution is -0.132. The second-order valence-corrected chi connectivity index (χ2v) is 2.96. The van der Waals surface area contributed by atoms with Gasteiger partial charge in [-0.3, -0.25) is 4.79 Å². The van der Waals surface area contributed by atoms with Crippen molar-refractivity contribution in [3.05, 3.63) is 12.7 Å². The van der Waals surface area contributed by atoms with Crippen molar-refractivity contribution in [2.75, 3.05) is 13.1 Å². The van der Waals surface area contributed by atoms with E-state index >= 15 is 0 Å². The Morgan fingerprint density at radius 3 is 2.86 bits per heavy atom. The fraction of sp³-hybridized carbons (Fsp3) is 0.600. The first-order valence-corrected chi connectivity index (χ1v) is 4.69. The Hall–Kier alpha value is -1.34. The summed E-state index contributed by atoms with van der Waals surface area (Å²) in [6, 6.07) is 1.48. The van der Waals surface area contributed by atoms with Crippen LogP contribution >= 0.6 is 0 Å². The summed E-state index contributed by atoms with van der Waals surface area (Å²) in [5.74, 6) is -0.109. The summed E-state index contributed by atoms with van der Waals surface area (Å²) in [6.07, 6.45) is 2.45. The fourth-order valence-electron chi connectivity index (χ4n) is 1.12. The number of carbonyl (C=O) groups excluding carboxylic acids is 1. The molecule has 0 aliphatic heterocycles. The number of hydrogen-bond acceptors (Lipinski definition) is 3. The van der Waals surface area contributed by atoms with E-state index in [1.54, 1.807) is 11.0 Å². The maximum atomic E-state index is 11.6. The van der Waals surface area contributed by atoms with Gasteiger partial charge in [0.15, 0.2) is 0 Å². The standard InChI is InChI=1S/C10H17N3O/c1-3-6-9(12)10(14)13(4-2)8-5-7-11/h3,9H,1,4-6,8,12H2,2H3. The van der Waals surface area contributed by atoms with Crippen molar-refractivity contribution >= 4 is 5.91 Å². The first-order chi connectivity index (χ1) is 6.67. The summed E-state index contributed by atoms with van der Waals surface area (Å²) < 4.78 is 0. The number of nitrogens with zero attached hydrogens (tertiary/aromatic N) is 2. The predicted octanol–water partition coefficient (Wildman–Crippen LogP) is 0.652. The number of amides is 1. The first kappa shape index (κ1) is 12.7. The number of nitriles is 1. The number of likely N-dealkylation sites (N-methyl/N-ethyl adjacent to an activating group) is 1. The molecule has 0 aromatic rings. The topological polar surface area (TPSA) is 70.1 Å². The normalized spacial score (nSPS) is 11.5. The maximum Gasteiger partial charge on any atom is 0.239 e. The van der Waals surface area contributed by atoms with Gasteiger partial charge in [0, 0.05) is 13.1 Å². The molecule has 0 aromatic heterocycles. The lowest BCUT2D eigenvalue weighted by Crippen LogP contribution is -2.43. The Labute approximate surface area is 85.0 Å². The third-order valence-corrected chi connectivity index (χ3v) is 1.92. The van der Waals surface area contributed by atoms with E-state index in [0.717, 1.165) is 0 Å². The molecule has 1 unspecified atom stereocenters. The van der Waals surface area contributed by atoms with Crippen LogP contribution in [0.15, 0.2) is 12.7 Å². The zero-order chi connectivity index (χ0) is 11.0.